The van der Waals surface area contributed by atoms with Gasteiger partial charge in [-0.1, -0.05) is 24.3 Å². The smallest absolute Gasteiger partial charge is 0.335 e. The topological polar surface area (TPSA) is 128 Å². The van der Waals surface area contributed by atoms with Gasteiger partial charge >= 0.3 is 6.03 Å². The van der Waals surface area contributed by atoms with Gasteiger partial charge in [-0.3, -0.25) is 25.0 Å². The number of imide groups is 2. The maximum atomic E-state index is 13.0. The fraction of sp³-hybridized carbons (Fsp3) is 0.115. The Morgan fingerprint density at radius 2 is 1.53 bits per heavy atom. The second-order valence-electron chi connectivity index (χ2n) is 7.81. The first kappa shape index (κ1) is 24.1. The molecule has 36 heavy (non-hydrogen) atoms. The molecule has 1 saturated heterocycles. The molecule has 4 rings (SSSR count). The van der Waals surface area contributed by atoms with Crippen molar-refractivity contribution < 1.29 is 28.8 Å². The van der Waals surface area contributed by atoms with Crippen molar-refractivity contribution in [2.75, 3.05) is 18.1 Å². The van der Waals surface area contributed by atoms with Crippen LogP contribution >= 0.6 is 0 Å². The van der Waals surface area contributed by atoms with Crippen LogP contribution in [0.25, 0.3) is 6.08 Å². The molecule has 182 valence electrons. The molecule has 0 bridgehead atoms. The van der Waals surface area contributed by atoms with Crippen LogP contribution < -0.4 is 19.7 Å². The van der Waals surface area contributed by atoms with Crippen LogP contribution in [0.2, 0.25) is 0 Å². The molecule has 1 N–H and O–H groups in total. The molecule has 0 radical (unpaired) electrons. The fourth-order valence-corrected chi connectivity index (χ4v) is 3.47. The summed E-state index contributed by atoms with van der Waals surface area (Å²) in [5, 5.41) is 12.9. The molecular formula is C26H21N3O7. The number of non-ortho nitro benzene ring substituents is 1. The van der Waals surface area contributed by atoms with Crippen molar-refractivity contribution in [3.8, 4) is 11.5 Å². The van der Waals surface area contributed by atoms with Gasteiger partial charge in [0.2, 0.25) is 0 Å². The maximum Gasteiger partial charge on any atom is 0.335 e. The molecule has 0 unspecified atom stereocenters. The predicted octanol–water partition coefficient (Wildman–Crippen LogP) is 4.03. The van der Waals surface area contributed by atoms with Gasteiger partial charge in [0.15, 0.2) is 0 Å². The Morgan fingerprint density at radius 1 is 0.917 bits per heavy atom. The Hall–Kier alpha value is -4.99. The molecule has 1 aliphatic heterocycles. The van der Waals surface area contributed by atoms with E-state index in [1.165, 1.54) is 30.3 Å². The zero-order valence-electron chi connectivity index (χ0n) is 19.2. The molecule has 0 saturated carbocycles. The Balaban J connectivity index is 1.37. The quantitative estimate of drug-likeness (QED) is 0.167. The number of aryl methyl sites for hydroxylation is 1. The van der Waals surface area contributed by atoms with Crippen LogP contribution in [0.1, 0.15) is 11.1 Å². The summed E-state index contributed by atoms with van der Waals surface area (Å²) in [7, 11) is 0. The van der Waals surface area contributed by atoms with E-state index in [0.717, 1.165) is 10.5 Å². The number of nitro groups is 1. The normalized spacial score (nSPS) is 14.5. The van der Waals surface area contributed by atoms with Crippen molar-refractivity contribution in [1.82, 2.24) is 5.32 Å². The number of barbiturate groups is 1. The largest absolute Gasteiger partial charge is 0.490 e. The lowest BCUT2D eigenvalue weighted by molar-refractivity contribution is -0.384. The van der Waals surface area contributed by atoms with Crippen molar-refractivity contribution in [2.24, 2.45) is 0 Å². The van der Waals surface area contributed by atoms with Crippen LogP contribution in [0.15, 0.2) is 78.4 Å². The summed E-state index contributed by atoms with van der Waals surface area (Å²) in [4.78, 5) is 48.8. The lowest BCUT2D eigenvalue weighted by Crippen LogP contribution is -2.54. The summed E-state index contributed by atoms with van der Waals surface area (Å²) in [6.45, 7) is 2.29. The fourth-order valence-electron chi connectivity index (χ4n) is 3.47. The number of nitrogens with one attached hydrogen (secondary N) is 1. The SMILES string of the molecule is Cc1cccc(N2C(=O)NC(=O)C(=Cc3ccc(OCCOc4ccc([N+](=O)[O-])cc4)cc3)C2=O)c1. The van der Waals surface area contributed by atoms with Gasteiger partial charge in [-0.05, 0) is 60.5 Å². The number of nitro benzene ring substituents is 1. The molecular weight excluding hydrogens is 466 g/mol. The Morgan fingerprint density at radius 3 is 2.11 bits per heavy atom. The number of hydrogen-bond donors (Lipinski definition) is 1. The highest BCUT2D eigenvalue weighted by Gasteiger charge is 2.36. The van der Waals surface area contributed by atoms with E-state index in [1.54, 1.807) is 42.5 Å². The standard InChI is InChI=1S/C26H21N3O7/c1-17-3-2-4-20(15-17)28-25(31)23(24(30)27-26(28)32)16-18-5-9-21(10-6-18)35-13-14-36-22-11-7-19(8-12-22)29(33)34/h2-12,15-16H,13-14H2,1H3,(H,27,30,32). The molecule has 1 heterocycles. The van der Waals surface area contributed by atoms with E-state index < -0.39 is 22.8 Å². The zero-order chi connectivity index (χ0) is 25.7. The number of benzene rings is 3. The Bertz CT molecular complexity index is 1350. The van der Waals surface area contributed by atoms with Crippen LogP contribution in [-0.2, 0) is 9.59 Å². The molecule has 3 aromatic rings. The summed E-state index contributed by atoms with van der Waals surface area (Å²) in [6.07, 6.45) is 1.41. The van der Waals surface area contributed by atoms with E-state index in [2.05, 4.69) is 5.32 Å². The minimum Gasteiger partial charge on any atom is -0.490 e. The van der Waals surface area contributed by atoms with Gasteiger partial charge in [0.05, 0.1) is 10.6 Å². The van der Waals surface area contributed by atoms with Gasteiger partial charge in [-0.2, -0.15) is 0 Å². The van der Waals surface area contributed by atoms with Gasteiger partial charge in [-0.15, -0.1) is 0 Å². The summed E-state index contributed by atoms with van der Waals surface area (Å²) in [5.74, 6) is -0.448. The second kappa shape index (κ2) is 10.5. The molecule has 0 atom stereocenters. The Labute approximate surface area is 205 Å². The lowest BCUT2D eigenvalue weighted by atomic mass is 10.1. The summed E-state index contributed by atoms with van der Waals surface area (Å²) in [5.41, 5.74) is 1.62. The van der Waals surface area contributed by atoms with Gasteiger partial charge in [0.1, 0.15) is 30.3 Å². The second-order valence-corrected chi connectivity index (χ2v) is 7.81. The maximum absolute atomic E-state index is 13.0. The molecule has 10 heteroatoms. The number of carbonyl (C=O) groups excluding carboxylic acids is 3. The molecule has 1 fully saturated rings. The summed E-state index contributed by atoms with van der Waals surface area (Å²) >= 11 is 0. The summed E-state index contributed by atoms with van der Waals surface area (Å²) in [6, 6.07) is 18.5. The first-order chi connectivity index (χ1) is 17.3. The van der Waals surface area contributed by atoms with Gasteiger partial charge in [0.25, 0.3) is 17.5 Å². The zero-order valence-corrected chi connectivity index (χ0v) is 19.2. The van der Waals surface area contributed by atoms with E-state index >= 15 is 0 Å². The number of carbonyl (C=O) groups is 3. The van der Waals surface area contributed by atoms with E-state index in [9.17, 15) is 24.5 Å². The van der Waals surface area contributed by atoms with E-state index in [1.807, 2.05) is 13.0 Å². The van der Waals surface area contributed by atoms with Crippen LogP contribution in [0, 0.1) is 17.0 Å². The number of nitrogens with zero attached hydrogens (tertiary/aromatic N) is 2. The monoisotopic (exact) mass is 487 g/mol. The van der Waals surface area contributed by atoms with E-state index in [-0.39, 0.29) is 24.5 Å². The summed E-state index contributed by atoms with van der Waals surface area (Å²) < 4.78 is 11.1. The van der Waals surface area contributed by atoms with Gasteiger partial charge < -0.3 is 9.47 Å². The third-order valence-corrected chi connectivity index (χ3v) is 5.22. The number of ether oxygens (including phenoxy) is 2. The molecule has 1 aliphatic rings. The highest BCUT2D eigenvalue weighted by Crippen LogP contribution is 2.23. The average molecular weight is 487 g/mol. The van der Waals surface area contributed by atoms with Crippen molar-refractivity contribution >= 4 is 35.3 Å². The molecule has 0 aliphatic carbocycles. The first-order valence-corrected chi connectivity index (χ1v) is 10.9. The third-order valence-electron chi connectivity index (χ3n) is 5.22. The van der Waals surface area contributed by atoms with Crippen LogP contribution in [-0.4, -0.2) is 36.0 Å². The van der Waals surface area contributed by atoms with E-state index in [4.69, 9.17) is 9.47 Å². The average Bonchev–Trinajstić information content (AvgIpc) is 2.85. The highest BCUT2D eigenvalue weighted by atomic mass is 16.6. The number of hydrogen-bond acceptors (Lipinski definition) is 7. The van der Waals surface area contributed by atoms with Crippen molar-refractivity contribution in [1.29, 1.82) is 0 Å². The molecule has 3 aromatic carbocycles. The Kier molecular flexibility index (Phi) is 7.05. The van der Waals surface area contributed by atoms with Crippen molar-refractivity contribution in [3.05, 3.63) is 99.6 Å². The number of amides is 4. The van der Waals surface area contributed by atoms with Crippen LogP contribution in [0.3, 0.4) is 0 Å². The lowest BCUT2D eigenvalue weighted by Gasteiger charge is -2.26. The third kappa shape index (κ3) is 5.55. The van der Waals surface area contributed by atoms with Crippen molar-refractivity contribution in [3.63, 3.8) is 0 Å². The molecule has 10 nitrogen and oxygen atoms in total. The minimum atomic E-state index is -0.799. The number of urea groups is 1. The van der Waals surface area contributed by atoms with Gasteiger partial charge in [0, 0.05) is 12.1 Å². The molecule has 4 amide bonds. The van der Waals surface area contributed by atoms with Gasteiger partial charge in [-0.25, -0.2) is 9.69 Å². The molecule has 0 aromatic heterocycles. The van der Waals surface area contributed by atoms with Crippen LogP contribution in [0.4, 0.5) is 16.2 Å². The minimum absolute atomic E-state index is 0.0180. The molecule has 0 spiro atoms. The first-order valence-electron chi connectivity index (χ1n) is 10.9. The number of anilines is 1. The highest BCUT2D eigenvalue weighted by molar-refractivity contribution is 6.39. The predicted molar refractivity (Wildman–Crippen MR) is 131 cm³/mol. The van der Waals surface area contributed by atoms with E-state index in [0.29, 0.717) is 22.7 Å². The van der Waals surface area contributed by atoms with Crippen LogP contribution in [0.5, 0.6) is 11.5 Å². The number of rotatable bonds is 8. The van der Waals surface area contributed by atoms with Crippen molar-refractivity contribution in [2.45, 2.75) is 6.92 Å².